The summed E-state index contributed by atoms with van der Waals surface area (Å²) >= 11 is 0. The van der Waals surface area contributed by atoms with Crippen molar-refractivity contribution in [2.75, 3.05) is 13.1 Å². The van der Waals surface area contributed by atoms with Gasteiger partial charge in [-0.15, -0.1) is 0 Å². The highest BCUT2D eigenvalue weighted by Crippen LogP contribution is 2.19. The van der Waals surface area contributed by atoms with Crippen LogP contribution < -0.4 is 5.32 Å². The second-order valence-electron chi connectivity index (χ2n) is 6.06. The molecule has 0 aromatic rings. The average Bonchev–Trinajstić information content (AvgIpc) is 2.28. The molecule has 1 fully saturated rings. The predicted molar refractivity (Wildman–Crippen MR) is 73.4 cm³/mol. The Labute approximate surface area is 111 Å². The van der Waals surface area contributed by atoms with Gasteiger partial charge in [0.25, 0.3) is 0 Å². The molecule has 18 heavy (non-hydrogen) atoms. The van der Waals surface area contributed by atoms with E-state index in [1.165, 1.54) is 0 Å². The van der Waals surface area contributed by atoms with Crippen molar-refractivity contribution >= 4 is 5.91 Å². The van der Waals surface area contributed by atoms with Gasteiger partial charge in [-0.05, 0) is 46.6 Å². The standard InChI is InChI=1S/C14H28N2O2/c1-5-14(3,4)15-13(18)10-16-9-7-6-8-12(16)11(2)17/h11-12,17H,5-10H2,1-4H3,(H,15,18). The summed E-state index contributed by atoms with van der Waals surface area (Å²) in [5.74, 6) is 0.0643. The number of amides is 1. The molecule has 0 bridgehead atoms. The van der Waals surface area contributed by atoms with Crippen molar-refractivity contribution in [3.05, 3.63) is 0 Å². The van der Waals surface area contributed by atoms with Crippen LogP contribution in [-0.2, 0) is 4.79 Å². The van der Waals surface area contributed by atoms with E-state index >= 15 is 0 Å². The fraction of sp³-hybridized carbons (Fsp3) is 0.929. The highest BCUT2D eigenvalue weighted by molar-refractivity contribution is 5.78. The first-order valence-corrected chi connectivity index (χ1v) is 7.09. The third-order valence-corrected chi connectivity index (χ3v) is 3.93. The molecule has 4 nitrogen and oxygen atoms in total. The SMILES string of the molecule is CCC(C)(C)NC(=O)CN1CCCCC1C(C)O. The molecule has 1 aliphatic rings. The molecule has 1 aliphatic heterocycles. The second-order valence-corrected chi connectivity index (χ2v) is 6.06. The molecule has 0 radical (unpaired) electrons. The van der Waals surface area contributed by atoms with Crippen molar-refractivity contribution in [3.63, 3.8) is 0 Å². The van der Waals surface area contributed by atoms with E-state index in [4.69, 9.17) is 0 Å². The van der Waals surface area contributed by atoms with Gasteiger partial charge in [0.05, 0.1) is 12.6 Å². The Balaban J connectivity index is 2.51. The van der Waals surface area contributed by atoms with E-state index in [0.717, 1.165) is 32.2 Å². The van der Waals surface area contributed by atoms with Gasteiger partial charge in [-0.1, -0.05) is 13.3 Å². The highest BCUT2D eigenvalue weighted by atomic mass is 16.3. The molecule has 0 aliphatic carbocycles. The zero-order valence-corrected chi connectivity index (χ0v) is 12.2. The summed E-state index contributed by atoms with van der Waals surface area (Å²) in [6, 6.07) is 0.134. The fourth-order valence-corrected chi connectivity index (χ4v) is 2.45. The van der Waals surface area contributed by atoms with Crippen LogP contribution in [0.5, 0.6) is 0 Å². The average molecular weight is 256 g/mol. The second kappa shape index (κ2) is 6.53. The fourth-order valence-electron chi connectivity index (χ4n) is 2.45. The van der Waals surface area contributed by atoms with Crippen molar-refractivity contribution in [1.82, 2.24) is 10.2 Å². The largest absolute Gasteiger partial charge is 0.392 e. The number of aliphatic hydroxyl groups is 1. The van der Waals surface area contributed by atoms with E-state index in [1.54, 1.807) is 0 Å². The van der Waals surface area contributed by atoms with Gasteiger partial charge in [0.15, 0.2) is 0 Å². The molecule has 0 spiro atoms. The lowest BCUT2D eigenvalue weighted by molar-refractivity contribution is -0.125. The Kier molecular flexibility index (Phi) is 5.60. The first-order valence-electron chi connectivity index (χ1n) is 7.09. The van der Waals surface area contributed by atoms with E-state index in [2.05, 4.69) is 17.1 Å². The Bertz CT molecular complexity index is 277. The van der Waals surface area contributed by atoms with E-state index in [1.807, 2.05) is 20.8 Å². The van der Waals surface area contributed by atoms with Crippen LogP contribution in [0.3, 0.4) is 0 Å². The Morgan fingerprint density at radius 3 is 2.72 bits per heavy atom. The van der Waals surface area contributed by atoms with Gasteiger partial charge in [0, 0.05) is 11.6 Å². The number of piperidine rings is 1. The summed E-state index contributed by atoms with van der Waals surface area (Å²) in [4.78, 5) is 14.1. The van der Waals surface area contributed by atoms with E-state index < -0.39 is 0 Å². The summed E-state index contributed by atoms with van der Waals surface area (Å²) in [5.41, 5.74) is -0.146. The molecular formula is C14H28N2O2. The lowest BCUT2D eigenvalue weighted by Crippen LogP contribution is -2.52. The minimum Gasteiger partial charge on any atom is -0.392 e. The van der Waals surface area contributed by atoms with E-state index in [-0.39, 0.29) is 23.6 Å². The van der Waals surface area contributed by atoms with Crippen molar-refractivity contribution in [3.8, 4) is 0 Å². The van der Waals surface area contributed by atoms with Crippen LogP contribution in [0.4, 0.5) is 0 Å². The maximum atomic E-state index is 12.0. The maximum absolute atomic E-state index is 12.0. The molecule has 1 saturated heterocycles. The minimum absolute atomic E-state index is 0.0643. The predicted octanol–water partition coefficient (Wildman–Crippen LogP) is 1.53. The zero-order valence-electron chi connectivity index (χ0n) is 12.2. The molecule has 1 heterocycles. The molecule has 1 amide bonds. The van der Waals surface area contributed by atoms with E-state index in [9.17, 15) is 9.90 Å². The highest BCUT2D eigenvalue weighted by Gasteiger charge is 2.28. The van der Waals surface area contributed by atoms with E-state index in [0.29, 0.717) is 6.54 Å². The molecule has 106 valence electrons. The molecule has 2 atom stereocenters. The van der Waals surface area contributed by atoms with Gasteiger partial charge in [-0.2, -0.15) is 0 Å². The lowest BCUT2D eigenvalue weighted by Gasteiger charge is -2.37. The van der Waals surface area contributed by atoms with Crippen LogP contribution in [-0.4, -0.2) is 46.7 Å². The zero-order chi connectivity index (χ0) is 13.8. The molecule has 0 aromatic heterocycles. The molecule has 0 saturated carbocycles. The molecule has 1 rings (SSSR count). The molecule has 2 unspecified atom stereocenters. The van der Waals surface area contributed by atoms with Crippen LogP contribution in [0.15, 0.2) is 0 Å². The number of carbonyl (C=O) groups excluding carboxylic acids is 1. The lowest BCUT2D eigenvalue weighted by atomic mass is 9.98. The van der Waals surface area contributed by atoms with Gasteiger partial charge < -0.3 is 10.4 Å². The molecule has 0 aromatic carbocycles. The Morgan fingerprint density at radius 2 is 2.17 bits per heavy atom. The Hall–Kier alpha value is -0.610. The minimum atomic E-state index is -0.364. The maximum Gasteiger partial charge on any atom is 0.234 e. The summed E-state index contributed by atoms with van der Waals surface area (Å²) in [7, 11) is 0. The monoisotopic (exact) mass is 256 g/mol. The normalized spacial score (nSPS) is 23.7. The quantitative estimate of drug-likeness (QED) is 0.784. The summed E-state index contributed by atoms with van der Waals surface area (Å²) in [6.07, 6.45) is 3.81. The van der Waals surface area contributed by atoms with Crippen molar-refractivity contribution in [1.29, 1.82) is 0 Å². The number of likely N-dealkylation sites (tertiary alicyclic amines) is 1. The van der Waals surface area contributed by atoms with Crippen LogP contribution >= 0.6 is 0 Å². The van der Waals surface area contributed by atoms with Gasteiger partial charge in [-0.25, -0.2) is 0 Å². The Morgan fingerprint density at radius 1 is 1.50 bits per heavy atom. The molecule has 2 N–H and O–H groups in total. The molecule has 4 heteroatoms. The topological polar surface area (TPSA) is 52.6 Å². The first-order chi connectivity index (χ1) is 8.35. The number of rotatable bonds is 5. The van der Waals surface area contributed by atoms with Gasteiger partial charge in [0.2, 0.25) is 5.91 Å². The van der Waals surface area contributed by atoms with Gasteiger partial charge in [-0.3, -0.25) is 9.69 Å². The van der Waals surface area contributed by atoms with Crippen molar-refractivity contribution < 1.29 is 9.90 Å². The van der Waals surface area contributed by atoms with Crippen molar-refractivity contribution in [2.45, 2.75) is 71.1 Å². The van der Waals surface area contributed by atoms with Crippen LogP contribution in [0.2, 0.25) is 0 Å². The van der Waals surface area contributed by atoms with Crippen LogP contribution in [0.1, 0.15) is 53.4 Å². The third kappa shape index (κ3) is 4.58. The van der Waals surface area contributed by atoms with Gasteiger partial charge in [0.1, 0.15) is 0 Å². The number of aliphatic hydroxyl groups excluding tert-OH is 1. The smallest absolute Gasteiger partial charge is 0.234 e. The number of carbonyl (C=O) groups is 1. The van der Waals surface area contributed by atoms with Gasteiger partial charge >= 0.3 is 0 Å². The number of nitrogens with one attached hydrogen (secondary N) is 1. The summed E-state index contributed by atoms with van der Waals surface area (Å²) in [6.45, 7) is 9.27. The summed E-state index contributed by atoms with van der Waals surface area (Å²) < 4.78 is 0. The third-order valence-electron chi connectivity index (χ3n) is 3.93. The first kappa shape index (κ1) is 15.4. The van der Waals surface area contributed by atoms with Crippen molar-refractivity contribution in [2.24, 2.45) is 0 Å². The van der Waals surface area contributed by atoms with Crippen LogP contribution in [0.25, 0.3) is 0 Å². The number of hydrogen-bond acceptors (Lipinski definition) is 3. The summed E-state index contributed by atoms with van der Waals surface area (Å²) in [5, 5.41) is 12.8. The van der Waals surface area contributed by atoms with Crippen LogP contribution in [0, 0.1) is 0 Å². The number of hydrogen-bond donors (Lipinski definition) is 2. The molecular weight excluding hydrogens is 228 g/mol. The number of nitrogens with zero attached hydrogens (tertiary/aromatic N) is 1.